The quantitative estimate of drug-likeness (QED) is 0.747. The predicted molar refractivity (Wildman–Crippen MR) is 107 cm³/mol. The summed E-state index contributed by atoms with van der Waals surface area (Å²) in [6, 6.07) is 11.7. The van der Waals surface area contributed by atoms with Crippen LogP contribution < -0.4 is 10.0 Å². The maximum absolute atomic E-state index is 12.4. The molecule has 0 heterocycles. The lowest BCUT2D eigenvalue weighted by Crippen LogP contribution is -2.36. The van der Waals surface area contributed by atoms with Crippen molar-refractivity contribution in [3.8, 4) is 0 Å². The molecule has 0 unspecified atom stereocenters. The summed E-state index contributed by atoms with van der Waals surface area (Å²) in [5, 5.41) is 3.81. The van der Waals surface area contributed by atoms with E-state index in [1.165, 1.54) is 6.07 Å². The first kappa shape index (κ1) is 20.6. The van der Waals surface area contributed by atoms with Crippen LogP contribution in [0.2, 0.25) is 10.0 Å². The number of amides is 1. The number of hydrogen-bond donors (Lipinski definition) is 2. The Kier molecular flexibility index (Phi) is 6.21. The normalized spacial score (nSPS) is 11.9. The minimum atomic E-state index is -3.40. The van der Waals surface area contributed by atoms with Crippen molar-refractivity contribution in [2.24, 2.45) is 0 Å². The van der Waals surface area contributed by atoms with E-state index in [-0.39, 0.29) is 11.3 Å². The molecule has 0 saturated carbocycles. The number of rotatable bonds is 6. The van der Waals surface area contributed by atoms with Crippen LogP contribution in [-0.2, 0) is 15.4 Å². The van der Waals surface area contributed by atoms with E-state index in [2.05, 4.69) is 10.0 Å². The zero-order valence-corrected chi connectivity index (χ0v) is 17.0. The second kappa shape index (κ2) is 7.86. The van der Waals surface area contributed by atoms with Crippen LogP contribution in [0.25, 0.3) is 0 Å². The fourth-order valence-corrected chi connectivity index (χ4v) is 3.21. The Balaban J connectivity index is 2.10. The molecule has 0 atom stereocenters. The van der Waals surface area contributed by atoms with Gasteiger partial charge >= 0.3 is 0 Å². The van der Waals surface area contributed by atoms with E-state index in [9.17, 15) is 13.2 Å². The zero-order chi connectivity index (χ0) is 19.5. The fraction of sp³-hybridized carbons (Fsp3) is 0.278. The second-order valence-electron chi connectivity index (χ2n) is 6.65. The van der Waals surface area contributed by atoms with Gasteiger partial charge in [-0.3, -0.25) is 9.52 Å². The highest BCUT2D eigenvalue weighted by Crippen LogP contribution is 2.29. The third-order valence-electron chi connectivity index (χ3n) is 3.82. The van der Waals surface area contributed by atoms with Crippen molar-refractivity contribution in [1.82, 2.24) is 5.32 Å². The lowest BCUT2D eigenvalue weighted by Gasteiger charge is -2.26. The molecule has 0 aliphatic heterocycles. The maximum atomic E-state index is 12.4. The van der Waals surface area contributed by atoms with Crippen LogP contribution in [0, 0.1) is 0 Å². The van der Waals surface area contributed by atoms with Crippen LogP contribution in [0.15, 0.2) is 42.5 Å². The average molecular weight is 415 g/mol. The first-order valence-electron chi connectivity index (χ1n) is 7.79. The molecule has 0 spiro atoms. The van der Waals surface area contributed by atoms with Gasteiger partial charge in [-0.15, -0.1) is 0 Å². The van der Waals surface area contributed by atoms with E-state index in [1.54, 1.807) is 30.3 Å². The number of sulfonamides is 1. The van der Waals surface area contributed by atoms with Gasteiger partial charge in [0.1, 0.15) is 0 Å². The van der Waals surface area contributed by atoms with Crippen molar-refractivity contribution in [3.63, 3.8) is 0 Å². The second-order valence-corrected chi connectivity index (χ2v) is 9.21. The molecule has 0 bridgehead atoms. The summed E-state index contributed by atoms with van der Waals surface area (Å²) < 4.78 is 25.0. The van der Waals surface area contributed by atoms with Gasteiger partial charge in [-0.25, -0.2) is 8.42 Å². The summed E-state index contributed by atoms with van der Waals surface area (Å²) in [6.45, 7) is 4.33. The van der Waals surface area contributed by atoms with E-state index in [0.29, 0.717) is 27.8 Å². The molecule has 0 fully saturated rings. The zero-order valence-electron chi connectivity index (χ0n) is 14.6. The smallest absolute Gasteiger partial charge is 0.251 e. The van der Waals surface area contributed by atoms with Crippen LogP contribution in [0.5, 0.6) is 0 Å². The highest BCUT2D eigenvalue weighted by atomic mass is 35.5. The minimum absolute atomic E-state index is 0.296. The number of anilines is 1. The first-order valence-corrected chi connectivity index (χ1v) is 10.4. The van der Waals surface area contributed by atoms with Gasteiger partial charge < -0.3 is 5.32 Å². The summed E-state index contributed by atoms with van der Waals surface area (Å²) in [6.07, 6.45) is 1.06. The molecule has 26 heavy (non-hydrogen) atoms. The molecule has 0 saturated heterocycles. The highest BCUT2D eigenvalue weighted by molar-refractivity contribution is 7.92. The first-order chi connectivity index (χ1) is 12.0. The maximum Gasteiger partial charge on any atom is 0.251 e. The van der Waals surface area contributed by atoms with Gasteiger partial charge in [0.05, 0.1) is 16.3 Å². The number of hydrogen-bond acceptors (Lipinski definition) is 3. The van der Waals surface area contributed by atoms with Gasteiger partial charge in [-0.1, -0.05) is 49.2 Å². The molecule has 5 nitrogen and oxygen atoms in total. The molecule has 1 amide bonds. The van der Waals surface area contributed by atoms with Gasteiger partial charge in [0, 0.05) is 23.2 Å². The fourth-order valence-electron chi connectivity index (χ4n) is 2.36. The van der Waals surface area contributed by atoms with E-state index < -0.39 is 10.0 Å². The van der Waals surface area contributed by atoms with Gasteiger partial charge in [0.2, 0.25) is 10.0 Å². The van der Waals surface area contributed by atoms with Crippen molar-refractivity contribution >= 4 is 44.8 Å². The van der Waals surface area contributed by atoms with E-state index in [0.717, 1.165) is 11.8 Å². The molecular weight excluding hydrogens is 395 g/mol. The van der Waals surface area contributed by atoms with Crippen LogP contribution in [0.3, 0.4) is 0 Å². The van der Waals surface area contributed by atoms with Gasteiger partial charge in [0.25, 0.3) is 5.91 Å². The molecule has 2 N–H and O–H groups in total. The number of carbonyl (C=O) groups excluding carboxylic acids is 1. The Morgan fingerprint density at radius 1 is 1.08 bits per heavy atom. The summed E-state index contributed by atoms with van der Waals surface area (Å²) in [4.78, 5) is 12.4. The van der Waals surface area contributed by atoms with Crippen LogP contribution in [-0.4, -0.2) is 27.1 Å². The topological polar surface area (TPSA) is 75.3 Å². The Hall–Kier alpha value is -1.76. The molecule has 2 aromatic rings. The van der Waals surface area contributed by atoms with Crippen LogP contribution in [0.4, 0.5) is 5.69 Å². The Bertz CT molecular complexity index is 928. The third-order valence-corrected chi connectivity index (χ3v) is 5.17. The van der Waals surface area contributed by atoms with E-state index >= 15 is 0 Å². The standard InChI is InChI=1S/C18H20Cl2N2O3S/c1-18(2,13-7-8-15(19)16(20)10-13)11-21-17(23)12-5-4-6-14(9-12)22-26(3,24)25/h4-10,22H,11H2,1-3H3,(H,21,23). The van der Waals surface area contributed by atoms with Crippen LogP contribution >= 0.6 is 23.2 Å². The number of halogens is 2. The SMILES string of the molecule is CC(C)(CNC(=O)c1cccc(NS(C)(=O)=O)c1)c1ccc(Cl)c(Cl)c1. The molecule has 0 aliphatic rings. The van der Waals surface area contributed by atoms with Gasteiger partial charge in [0.15, 0.2) is 0 Å². The van der Waals surface area contributed by atoms with Crippen molar-refractivity contribution in [2.45, 2.75) is 19.3 Å². The number of carbonyl (C=O) groups is 1. The molecule has 0 aliphatic carbocycles. The summed E-state index contributed by atoms with van der Waals surface area (Å²) in [7, 11) is -3.40. The van der Waals surface area contributed by atoms with Gasteiger partial charge in [-0.05, 0) is 35.9 Å². The van der Waals surface area contributed by atoms with E-state index in [4.69, 9.17) is 23.2 Å². The highest BCUT2D eigenvalue weighted by Gasteiger charge is 2.22. The predicted octanol–water partition coefficient (Wildman–Crippen LogP) is 4.07. The van der Waals surface area contributed by atoms with Gasteiger partial charge in [-0.2, -0.15) is 0 Å². The number of nitrogens with one attached hydrogen (secondary N) is 2. The Morgan fingerprint density at radius 3 is 2.38 bits per heavy atom. The number of benzene rings is 2. The lowest BCUT2D eigenvalue weighted by molar-refractivity contribution is 0.0945. The Labute approximate surface area is 163 Å². The molecule has 0 aromatic heterocycles. The lowest BCUT2D eigenvalue weighted by atomic mass is 9.84. The minimum Gasteiger partial charge on any atom is -0.351 e. The average Bonchev–Trinajstić information content (AvgIpc) is 2.54. The monoisotopic (exact) mass is 414 g/mol. The largest absolute Gasteiger partial charge is 0.351 e. The van der Waals surface area contributed by atoms with Crippen molar-refractivity contribution < 1.29 is 13.2 Å². The third kappa shape index (κ3) is 5.62. The summed E-state index contributed by atoms with van der Waals surface area (Å²) in [5.74, 6) is -0.296. The molecular formula is C18H20Cl2N2O3S. The van der Waals surface area contributed by atoms with Crippen molar-refractivity contribution in [2.75, 3.05) is 17.5 Å². The molecule has 8 heteroatoms. The van der Waals surface area contributed by atoms with E-state index in [1.807, 2.05) is 19.9 Å². The van der Waals surface area contributed by atoms with Crippen molar-refractivity contribution in [3.05, 3.63) is 63.6 Å². The van der Waals surface area contributed by atoms with Crippen LogP contribution in [0.1, 0.15) is 29.8 Å². The molecule has 0 radical (unpaired) electrons. The Morgan fingerprint density at radius 2 is 1.77 bits per heavy atom. The summed E-state index contributed by atoms with van der Waals surface area (Å²) >= 11 is 12.0. The molecule has 2 rings (SSSR count). The summed E-state index contributed by atoms with van der Waals surface area (Å²) in [5.41, 5.74) is 1.28. The molecule has 2 aromatic carbocycles. The van der Waals surface area contributed by atoms with Crippen molar-refractivity contribution in [1.29, 1.82) is 0 Å². The molecule has 140 valence electrons.